The summed E-state index contributed by atoms with van der Waals surface area (Å²) in [5.41, 5.74) is 0.640. The summed E-state index contributed by atoms with van der Waals surface area (Å²) < 4.78 is 19.0. The van der Waals surface area contributed by atoms with Crippen molar-refractivity contribution in [2.45, 2.75) is 12.5 Å². The first-order chi connectivity index (χ1) is 9.19. The van der Waals surface area contributed by atoms with Crippen molar-refractivity contribution >= 4 is 0 Å². The molecule has 0 spiro atoms. The maximum atomic E-state index is 13.6. The van der Waals surface area contributed by atoms with Crippen LogP contribution >= 0.6 is 0 Å². The minimum Gasteiger partial charge on any atom is -0.454 e. The molecule has 0 saturated carbocycles. The molecular formula is C15H12FNO2. The highest BCUT2D eigenvalue weighted by Crippen LogP contribution is 2.25. The van der Waals surface area contributed by atoms with Gasteiger partial charge >= 0.3 is 0 Å². The monoisotopic (exact) mass is 257 g/mol. The van der Waals surface area contributed by atoms with E-state index in [2.05, 4.69) is 0 Å². The third-order valence-corrected chi connectivity index (χ3v) is 2.54. The van der Waals surface area contributed by atoms with Crippen molar-refractivity contribution in [3.63, 3.8) is 0 Å². The number of rotatable bonds is 4. The van der Waals surface area contributed by atoms with E-state index in [9.17, 15) is 9.50 Å². The van der Waals surface area contributed by atoms with Crippen molar-refractivity contribution in [2.75, 3.05) is 0 Å². The normalized spacial score (nSPS) is 11.6. The molecule has 96 valence electrons. The molecule has 19 heavy (non-hydrogen) atoms. The molecule has 0 saturated heterocycles. The predicted molar refractivity (Wildman–Crippen MR) is 68.2 cm³/mol. The number of nitriles is 1. The summed E-state index contributed by atoms with van der Waals surface area (Å²) in [4.78, 5) is 0. The summed E-state index contributed by atoms with van der Waals surface area (Å²) in [5.74, 6) is 0.118. The number of nitrogens with zero attached hydrogens (tertiary/aromatic N) is 1. The molecule has 0 unspecified atom stereocenters. The lowest BCUT2D eigenvalue weighted by molar-refractivity contribution is 0.231. The number of benzene rings is 2. The lowest BCUT2D eigenvalue weighted by atomic mass is 10.1. The fourth-order valence-electron chi connectivity index (χ4n) is 1.64. The van der Waals surface area contributed by atoms with E-state index in [0.29, 0.717) is 11.3 Å². The van der Waals surface area contributed by atoms with Crippen LogP contribution in [0.5, 0.6) is 11.5 Å². The van der Waals surface area contributed by atoms with Crippen LogP contribution in [-0.4, -0.2) is 11.2 Å². The van der Waals surface area contributed by atoms with E-state index in [1.165, 1.54) is 18.2 Å². The molecule has 0 aliphatic rings. The molecule has 2 aromatic carbocycles. The van der Waals surface area contributed by atoms with E-state index in [0.717, 1.165) is 0 Å². The molecule has 0 amide bonds. The van der Waals surface area contributed by atoms with Crippen LogP contribution in [0.25, 0.3) is 0 Å². The molecule has 4 heteroatoms. The van der Waals surface area contributed by atoms with Gasteiger partial charge < -0.3 is 9.84 Å². The zero-order chi connectivity index (χ0) is 13.7. The van der Waals surface area contributed by atoms with Crippen LogP contribution in [0.15, 0.2) is 48.5 Å². The van der Waals surface area contributed by atoms with Crippen LogP contribution < -0.4 is 4.74 Å². The average Bonchev–Trinajstić information content (AvgIpc) is 2.43. The third kappa shape index (κ3) is 3.54. The molecule has 0 heterocycles. The Morgan fingerprint density at radius 3 is 2.63 bits per heavy atom. The molecule has 2 rings (SSSR count). The van der Waals surface area contributed by atoms with E-state index < -0.39 is 11.9 Å². The Morgan fingerprint density at radius 2 is 1.95 bits per heavy atom. The summed E-state index contributed by atoms with van der Waals surface area (Å²) >= 11 is 0. The van der Waals surface area contributed by atoms with Gasteiger partial charge in [0.05, 0.1) is 6.07 Å². The maximum Gasteiger partial charge on any atom is 0.165 e. The van der Waals surface area contributed by atoms with Gasteiger partial charge in [-0.3, -0.25) is 0 Å². The van der Waals surface area contributed by atoms with Crippen LogP contribution in [0, 0.1) is 17.1 Å². The Labute approximate surface area is 110 Å². The summed E-state index contributed by atoms with van der Waals surface area (Å²) in [5, 5.41) is 17.8. The van der Waals surface area contributed by atoms with Crippen molar-refractivity contribution in [1.29, 1.82) is 5.26 Å². The van der Waals surface area contributed by atoms with Crippen molar-refractivity contribution in [3.05, 3.63) is 59.9 Å². The number of hydrogen-bond acceptors (Lipinski definition) is 3. The van der Waals surface area contributed by atoms with Gasteiger partial charge in [-0.05, 0) is 29.8 Å². The second-order valence-electron chi connectivity index (χ2n) is 4.03. The highest BCUT2D eigenvalue weighted by Gasteiger charge is 2.09. The Bertz CT molecular complexity index is 593. The summed E-state index contributed by atoms with van der Waals surface area (Å²) in [6.45, 7) is 0. The molecule has 0 aliphatic heterocycles. The lowest BCUT2D eigenvalue weighted by Crippen LogP contribution is -2.06. The van der Waals surface area contributed by atoms with Gasteiger partial charge in [-0.2, -0.15) is 5.26 Å². The molecule has 1 N–H and O–H groups in total. The first kappa shape index (κ1) is 13.1. The van der Waals surface area contributed by atoms with Crippen LogP contribution in [0.4, 0.5) is 4.39 Å². The van der Waals surface area contributed by atoms with Crippen LogP contribution in [0.2, 0.25) is 0 Å². The molecule has 0 radical (unpaired) electrons. The molecule has 1 atom stereocenters. The van der Waals surface area contributed by atoms with Crippen molar-refractivity contribution in [1.82, 2.24) is 0 Å². The Morgan fingerprint density at radius 1 is 1.21 bits per heavy atom. The highest BCUT2D eigenvalue weighted by atomic mass is 19.1. The minimum atomic E-state index is -1.10. The summed E-state index contributed by atoms with van der Waals surface area (Å²) in [7, 11) is 0. The van der Waals surface area contributed by atoms with E-state index in [4.69, 9.17) is 10.00 Å². The van der Waals surface area contributed by atoms with Crippen molar-refractivity contribution in [3.8, 4) is 17.6 Å². The number of aliphatic hydroxyl groups excluding tert-OH is 1. The molecule has 0 bridgehead atoms. The van der Waals surface area contributed by atoms with Crippen molar-refractivity contribution in [2.24, 2.45) is 0 Å². The number of aliphatic hydroxyl groups is 1. The predicted octanol–water partition coefficient (Wildman–Crippen LogP) is 3.04. The standard InChI is InChI=1S/C15H12FNO2/c16-14-7-6-11(8-12(18)10-17)9-15(14)19-13-4-2-1-3-5-13/h1-7,9,12,18H,8H2/t12-/m1/s1. The first-order valence-corrected chi connectivity index (χ1v) is 5.78. The van der Waals surface area contributed by atoms with E-state index in [-0.39, 0.29) is 12.2 Å². The lowest BCUT2D eigenvalue weighted by Gasteiger charge is -2.09. The summed E-state index contributed by atoms with van der Waals surface area (Å²) in [6.07, 6.45) is -0.961. The molecule has 0 fully saturated rings. The quantitative estimate of drug-likeness (QED) is 0.856. The zero-order valence-corrected chi connectivity index (χ0v) is 10.1. The molecule has 0 aliphatic carbocycles. The highest BCUT2D eigenvalue weighted by molar-refractivity contribution is 5.35. The Hall–Kier alpha value is -2.38. The van der Waals surface area contributed by atoms with E-state index >= 15 is 0 Å². The summed E-state index contributed by atoms with van der Waals surface area (Å²) in [6, 6.07) is 14.8. The van der Waals surface area contributed by atoms with Gasteiger partial charge in [-0.15, -0.1) is 0 Å². The second-order valence-corrected chi connectivity index (χ2v) is 4.03. The molecule has 3 nitrogen and oxygen atoms in total. The van der Waals surface area contributed by atoms with Crippen LogP contribution in [0.3, 0.4) is 0 Å². The zero-order valence-electron chi connectivity index (χ0n) is 10.1. The molecular weight excluding hydrogens is 245 g/mol. The van der Waals surface area contributed by atoms with Gasteiger partial charge in [0.1, 0.15) is 11.9 Å². The number of ether oxygens (including phenoxy) is 1. The molecule has 2 aromatic rings. The van der Waals surface area contributed by atoms with E-state index in [1.807, 2.05) is 6.07 Å². The Balaban J connectivity index is 2.20. The van der Waals surface area contributed by atoms with Crippen LogP contribution in [-0.2, 0) is 6.42 Å². The minimum absolute atomic E-state index is 0.0776. The van der Waals surface area contributed by atoms with Gasteiger partial charge in [0.25, 0.3) is 0 Å². The maximum absolute atomic E-state index is 13.6. The SMILES string of the molecule is N#C[C@H](O)Cc1ccc(F)c(Oc2ccccc2)c1. The average molecular weight is 257 g/mol. The molecule has 0 aromatic heterocycles. The largest absolute Gasteiger partial charge is 0.454 e. The fourth-order valence-corrected chi connectivity index (χ4v) is 1.64. The smallest absolute Gasteiger partial charge is 0.165 e. The van der Waals surface area contributed by atoms with Crippen LogP contribution in [0.1, 0.15) is 5.56 Å². The van der Waals surface area contributed by atoms with Gasteiger partial charge in [-0.25, -0.2) is 4.39 Å². The number of halogens is 1. The van der Waals surface area contributed by atoms with E-state index in [1.54, 1.807) is 30.3 Å². The van der Waals surface area contributed by atoms with Gasteiger partial charge in [0.15, 0.2) is 11.6 Å². The first-order valence-electron chi connectivity index (χ1n) is 5.78. The fraction of sp³-hybridized carbons (Fsp3) is 0.133. The Kier molecular flexibility index (Phi) is 4.11. The second kappa shape index (κ2) is 5.98. The third-order valence-electron chi connectivity index (χ3n) is 2.54. The number of hydrogen-bond donors (Lipinski definition) is 1. The van der Waals surface area contributed by atoms with Gasteiger partial charge in [0, 0.05) is 6.42 Å². The van der Waals surface area contributed by atoms with Gasteiger partial charge in [0.2, 0.25) is 0 Å². The number of para-hydroxylation sites is 1. The van der Waals surface area contributed by atoms with Crippen molar-refractivity contribution < 1.29 is 14.2 Å². The topological polar surface area (TPSA) is 53.2 Å². The van der Waals surface area contributed by atoms with Gasteiger partial charge in [-0.1, -0.05) is 24.3 Å².